The highest BCUT2D eigenvalue weighted by atomic mass is 16.1. The van der Waals surface area contributed by atoms with Crippen LogP contribution in [0, 0.1) is 0 Å². The number of nitrogens with two attached hydrogens (primary N) is 1. The van der Waals surface area contributed by atoms with Crippen LogP contribution in [0.3, 0.4) is 0 Å². The van der Waals surface area contributed by atoms with Gasteiger partial charge in [0.05, 0.1) is 5.69 Å². The van der Waals surface area contributed by atoms with Crippen LogP contribution in [-0.4, -0.2) is 67.0 Å². The Hall–Kier alpha value is -1.50. The van der Waals surface area contributed by atoms with Crippen LogP contribution >= 0.6 is 0 Å². The number of rotatable bonds is 6. The van der Waals surface area contributed by atoms with E-state index in [4.69, 9.17) is 5.73 Å². The van der Waals surface area contributed by atoms with E-state index in [-0.39, 0.29) is 5.91 Å². The monoisotopic (exact) mass is 291 g/mol. The predicted molar refractivity (Wildman–Crippen MR) is 83.0 cm³/mol. The number of hydrogen-bond acceptors (Lipinski definition) is 5. The molecule has 1 fully saturated rings. The summed E-state index contributed by atoms with van der Waals surface area (Å²) in [5.41, 5.74) is 6.90. The topological polar surface area (TPSA) is 74.5 Å². The molecule has 1 amide bonds. The molecule has 1 saturated heterocycles. The average molecular weight is 291 g/mol. The third-order valence-corrected chi connectivity index (χ3v) is 3.82. The first kappa shape index (κ1) is 15.9. The van der Waals surface area contributed by atoms with Gasteiger partial charge in [0, 0.05) is 51.0 Å². The molecular formula is C15H25N5O. The number of nitrogens with zero attached hydrogens (tertiary/aromatic N) is 3. The van der Waals surface area contributed by atoms with E-state index in [0.717, 1.165) is 44.8 Å². The number of amides is 1. The van der Waals surface area contributed by atoms with Gasteiger partial charge in [0.1, 0.15) is 0 Å². The van der Waals surface area contributed by atoms with Gasteiger partial charge in [-0.05, 0) is 32.1 Å². The number of carbonyl (C=O) groups is 1. The zero-order valence-electron chi connectivity index (χ0n) is 12.7. The minimum atomic E-state index is -0.0505. The minimum Gasteiger partial charge on any atom is -0.352 e. The van der Waals surface area contributed by atoms with E-state index in [0.29, 0.717) is 18.7 Å². The summed E-state index contributed by atoms with van der Waals surface area (Å²) in [5.74, 6) is -0.0505. The van der Waals surface area contributed by atoms with E-state index in [9.17, 15) is 4.79 Å². The van der Waals surface area contributed by atoms with Gasteiger partial charge in [-0.3, -0.25) is 9.78 Å². The maximum absolute atomic E-state index is 12.0. The van der Waals surface area contributed by atoms with Crippen LogP contribution in [0.1, 0.15) is 22.5 Å². The summed E-state index contributed by atoms with van der Waals surface area (Å²) < 4.78 is 0. The molecule has 6 nitrogen and oxygen atoms in total. The van der Waals surface area contributed by atoms with Crippen molar-refractivity contribution in [2.24, 2.45) is 5.73 Å². The second kappa shape index (κ2) is 8.07. The second-order valence-corrected chi connectivity index (χ2v) is 5.49. The van der Waals surface area contributed by atoms with E-state index in [1.807, 2.05) is 0 Å². The van der Waals surface area contributed by atoms with Crippen molar-refractivity contribution in [2.75, 3.05) is 46.3 Å². The highest BCUT2D eigenvalue weighted by Crippen LogP contribution is 2.02. The molecule has 0 radical (unpaired) electrons. The van der Waals surface area contributed by atoms with E-state index in [1.165, 1.54) is 0 Å². The second-order valence-electron chi connectivity index (χ2n) is 5.49. The number of nitrogens with one attached hydrogen (secondary N) is 1. The number of pyridine rings is 1. The Balaban J connectivity index is 1.67. The molecule has 0 saturated carbocycles. The first-order chi connectivity index (χ1) is 10.2. The predicted octanol–water partition coefficient (Wildman–Crippen LogP) is -0.0924. The molecule has 1 aromatic rings. The molecule has 0 bridgehead atoms. The number of carbonyl (C=O) groups excluding carboxylic acids is 1. The number of likely N-dealkylation sites (N-methyl/N-ethyl adjacent to an activating group) is 1. The first-order valence-electron chi connectivity index (χ1n) is 7.53. The third-order valence-electron chi connectivity index (χ3n) is 3.82. The molecule has 0 unspecified atom stereocenters. The molecule has 3 N–H and O–H groups in total. The van der Waals surface area contributed by atoms with Crippen LogP contribution in [-0.2, 0) is 6.54 Å². The lowest BCUT2D eigenvalue weighted by atomic mass is 10.2. The van der Waals surface area contributed by atoms with Crippen molar-refractivity contribution in [3.8, 4) is 0 Å². The number of hydrogen-bond donors (Lipinski definition) is 2. The standard InChI is InChI=1S/C15H25N5O/c1-19-7-9-20(10-8-19)6-2-4-18-15(21)13-3-5-17-14(11-13)12-16/h3,5,11H,2,4,6-10,12,16H2,1H3,(H,18,21). The van der Waals surface area contributed by atoms with Crippen molar-refractivity contribution in [3.05, 3.63) is 29.6 Å². The summed E-state index contributed by atoms with van der Waals surface area (Å²) in [6, 6.07) is 3.46. The van der Waals surface area contributed by atoms with Crippen LogP contribution in [0.5, 0.6) is 0 Å². The Kier molecular flexibility index (Phi) is 6.10. The molecule has 2 rings (SSSR count). The molecule has 1 aliphatic heterocycles. The van der Waals surface area contributed by atoms with Crippen molar-refractivity contribution in [3.63, 3.8) is 0 Å². The molecule has 0 spiro atoms. The summed E-state index contributed by atoms with van der Waals surface area (Å²) in [5, 5.41) is 2.95. The molecule has 2 heterocycles. The summed E-state index contributed by atoms with van der Waals surface area (Å²) in [7, 11) is 2.15. The largest absolute Gasteiger partial charge is 0.352 e. The van der Waals surface area contributed by atoms with Crippen LogP contribution in [0.15, 0.2) is 18.3 Å². The van der Waals surface area contributed by atoms with Gasteiger partial charge >= 0.3 is 0 Å². The molecule has 1 aliphatic rings. The SMILES string of the molecule is CN1CCN(CCCNC(=O)c2ccnc(CN)c2)CC1. The fraction of sp³-hybridized carbons (Fsp3) is 0.600. The summed E-state index contributed by atoms with van der Waals surface area (Å²) in [4.78, 5) is 20.9. The van der Waals surface area contributed by atoms with Crippen molar-refractivity contribution in [1.82, 2.24) is 20.1 Å². The van der Waals surface area contributed by atoms with Gasteiger partial charge in [-0.25, -0.2) is 0 Å². The Morgan fingerprint density at radius 2 is 2.14 bits per heavy atom. The molecule has 0 aromatic carbocycles. The number of piperazine rings is 1. The van der Waals surface area contributed by atoms with Crippen LogP contribution < -0.4 is 11.1 Å². The Morgan fingerprint density at radius 1 is 1.38 bits per heavy atom. The minimum absolute atomic E-state index is 0.0505. The van der Waals surface area contributed by atoms with E-state index in [1.54, 1.807) is 18.3 Å². The van der Waals surface area contributed by atoms with Crippen LogP contribution in [0.2, 0.25) is 0 Å². The van der Waals surface area contributed by atoms with Crippen molar-refractivity contribution in [2.45, 2.75) is 13.0 Å². The third kappa shape index (κ3) is 5.08. The molecule has 0 aliphatic carbocycles. The Bertz CT molecular complexity index is 457. The summed E-state index contributed by atoms with van der Waals surface area (Å²) in [6.07, 6.45) is 2.60. The fourth-order valence-electron chi connectivity index (χ4n) is 2.41. The Labute approximate surface area is 126 Å². The van der Waals surface area contributed by atoms with Gasteiger partial charge in [0.15, 0.2) is 0 Å². The highest BCUT2D eigenvalue weighted by Gasteiger charge is 2.13. The van der Waals surface area contributed by atoms with Gasteiger partial charge in [-0.1, -0.05) is 0 Å². The van der Waals surface area contributed by atoms with Crippen molar-refractivity contribution < 1.29 is 4.79 Å². The quantitative estimate of drug-likeness (QED) is 0.717. The summed E-state index contributed by atoms with van der Waals surface area (Å²) >= 11 is 0. The molecule has 116 valence electrons. The van der Waals surface area contributed by atoms with Gasteiger partial charge < -0.3 is 20.9 Å². The van der Waals surface area contributed by atoms with E-state index in [2.05, 4.69) is 27.1 Å². The van der Waals surface area contributed by atoms with Gasteiger partial charge in [0.2, 0.25) is 0 Å². The van der Waals surface area contributed by atoms with Crippen molar-refractivity contribution in [1.29, 1.82) is 0 Å². The van der Waals surface area contributed by atoms with E-state index < -0.39 is 0 Å². The average Bonchev–Trinajstić information content (AvgIpc) is 2.53. The smallest absolute Gasteiger partial charge is 0.251 e. The van der Waals surface area contributed by atoms with E-state index >= 15 is 0 Å². The zero-order valence-corrected chi connectivity index (χ0v) is 12.7. The molecule has 1 aromatic heterocycles. The lowest BCUT2D eigenvalue weighted by Gasteiger charge is -2.32. The highest BCUT2D eigenvalue weighted by molar-refractivity contribution is 5.94. The maximum atomic E-state index is 12.0. The molecule has 21 heavy (non-hydrogen) atoms. The summed E-state index contributed by atoms with van der Waals surface area (Å²) in [6.45, 7) is 6.59. The maximum Gasteiger partial charge on any atom is 0.251 e. The number of aromatic nitrogens is 1. The first-order valence-corrected chi connectivity index (χ1v) is 7.53. The van der Waals surface area contributed by atoms with Gasteiger partial charge in [-0.2, -0.15) is 0 Å². The van der Waals surface area contributed by atoms with Crippen LogP contribution in [0.4, 0.5) is 0 Å². The zero-order chi connectivity index (χ0) is 15.1. The molecular weight excluding hydrogens is 266 g/mol. The molecule has 6 heteroatoms. The van der Waals surface area contributed by atoms with Crippen molar-refractivity contribution >= 4 is 5.91 Å². The normalized spacial score (nSPS) is 16.9. The van der Waals surface area contributed by atoms with Crippen LogP contribution in [0.25, 0.3) is 0 Å². The fourth-order valence-corrected chi connectivity index (χ4v) is 2.41. The van der Waals surface area contributed by atoms with Gasteiger partial charge in [0.25, 0.3) is 5.91 Å². The lowest BCUT2D eigenvalue weighted by Crippen LogP contribution is -2.45. The lowest BCUT2D eigenvalue weighted by molar-refractivity contribution is 0.0949. The molecule has 0 atom stereocenters. The van der Waals surface area contributed by atoms with Gasteiger partial charge in [-0.15, -0.1) is 0 Å². The Morgan fingerprint density at radius 3 is 2.86 bits per heavy atom.